The number of carbonyl (C=O) groups excluding carboxylic acids is 1. The van der Waals surface area contributed by atoms with Crippen molar-refractivity contribution < 1.29 is 28.3 Å². The van der Waals surface area contributed by atoms with Gasteiger partial charge in [-0.25, -0.2) is 9.36 Å². The van der Waals surface area contributed by atoms with Gasteiger partial charge in [-0.2, -0.15) is 10.1 Å². The van der Waals surface area contributed by atoms with Crippen LogP contribution in [0.1, 0.15) is 32.6 Å². The molecular formula is C26H33N4O7PS. The molecule has 13 heteroatoms. The minimum Gasteiger partial charge on any atom is -0.464 e. The van der Waals surface area contributed by atoms with Crippen LogP contribution in [0.5, 0.6) is 5.75 Å². The zero-order valence-electron chi connectivity index (χ0n) is 21.9. The van der Waals surface area contributed by atoms with Gasteiger partial charge in [0.1, 0.15) is 17.6 Å². The van der Waals surface area contributed by atoms with Gasteiger partial charge in [0.2, 0.25) is 0 Å². The molecule has 0 saturated carbocycles. The SMILES string of the molecule is CC(C)COC(=O)[C@H](C)NP(=O)(OC[C@H]1S[C@@H](n2ccc(N)nc2=O)C[C@H]1O)Oc1cccc2ccccc12. The third-order valence-corrected chi connectivity index (χ3v) is 9.17. The molecule has 1 aromatic heterocycles. The summed E-state index contributed by atoms with van der Waals surface area (Å²) in [5.74, 6) is -0.0460. The van der Waals surface area contributed by atoms with Gasteiger partial charge < -0.3 is 20.1 Å². The van der Waals surface area contributed by atoms with E-state index in [2.05, 4.69) is 10.1 Å². The van der Waals surface area contributed by atoms with E-state index >= 15 is 0 Å². The van der Waals surface area contributed by atoms with Gasteiger partial charge in [-0.05, 0) is 30.4 Å². The highest BCUT2D eigenvalue weighted by molar-refractivity contribution is 8.00. The number of thioether (sulfide) groups is 1. The number of fused-ring (bicyclic) bond motifs is 1. The van der Waals surface area contributed by atoms with Crippen molar-refractivity contribution in [3.63, 3.8) is 0 Å². The number of carbonyl (C=O) groups is 1. The second kappa shape index (κ2) is 12.5. The van der Waals surface area contributed by atoms with E-state index in [0.717, 1.165) is 5.39 Å². The van der Waals surface area contributed by atoms with Gasteiger partial charge in [-0.15, -0.1) is 11.8 Å². The molecule has 1 aliphatic heterocycles. The van der Waals surface area contributed by atoms with Crippen molar-refractivity contribution in [3.8, 4) is 5.75 Å². The van der Waals surface area contributed by atoms with Crippen LogP contribution in [0.3, 0.4) is 0 Å². The molecule has 1 aliphatic rings. The van der Waals surface area contributed by atoms with Crippen molar-refractivity contribution in [3.05, 3.63) is 65.2 Å². The molecule has 2 aromatic carbocycles. The summed E-state index contributed by atoms with van der Waals surface area (Å²) >= 11 is 1.29. The molecule has 5 atom stereocenters. The topological polar surface area (TPSA) is 155 Å². The number of aliphatic hydroxyl groups excluding tert-OH is 1. The molecular weight excluding hydrogens is 543 g/mol. The summed E-state index contributed by atoms with van der Waals surface area (Å²) in [6.45, 7) is 5.37. The van der Waals surface area contributed by atoms with E-state index in [9.17, 15) is 19.3 Å². The highest BCUT2D eigenvalue weighted by atomic mass is 32.2. The van der Waals surface area contributed by atoms with Crippen molar-refractivity contribution in [2.45, 2.75) is 50.0 Å². The molecule has 39 heavy (non-hydrogen) atoms. The van der Waals surface area contributed by atoms with E-state index in [1.165, 1.54) is 35.5 Å². The van der Waals surface area contributed by atoms with Crippen LogP contribution in [0.2, 0.25) is 0 Å². The number of aromatic nitrogens is 2. The molecule has 210 valence electrons. The summed E-state index contributed by atoms with van der Waals surface area (Å²) in [5, 5.41) is 14.0. The van der Waals surface area contributed by atoms with Gasteiger partial charge >= 0.3 is 19.4 Å². The number of hydrogen-bond acceptors (Lipinski definition) is 10. The van der Waals surface area contributed by atoms with E-state index in [0.29, 0.717) is 11.1 Å². The minimum atomic E-state index is -4.16. The second-order valence-electron chi connectivity index (χ2n) is 9.71. The number of nitrogens with one attached hydrogen (secondary N) is 1. The van der Waals surface area contributed by atoms with E-state index < -0.39 is 42.2 Å². The first-order valence-electron chi connectivity index (χ1n) is 12.6. The van der Waals surface area contributed by atoms with Crippen LogP contribution in [0.4, 0.5) is 5.82 Å². The first kappa shape index (κ1) is 29.1. The Balaban J connectivity index is 1.52. The normalized spacial score (nSPS) is 21.5. The van der Waals surface area contributed by atoms with Gasteiger partial charge in [0.05, 0.1) is 29.9 Å². The number of nitrogens with two attached hydrogens (primary N) is 1. The zero-order valence-corrected chi connectivity index (χ0v) is 23.6. The lowest BCUT2D eigenvalue weighted by atomic mass is 10.1. The van der Waals surface area contributed by atoms with Gasteiger partial charge in [0.25, 0.3) is 0 Å². The van der Waals surface area contributed by atoms with E-state index in [1.807, 2.05) is 44.2 Å². The standard InChI is InChI=1S/C26H33N4O7PS/c1-16(2)14-35-25(32)17(3)29-38(34,37-21-10-6-8-18-7-4-5-9-19(18)21)36-15-22-20(31)13-24(39-22)30-12-11-23(27)28-26(30)33/h4-12,16-17,20,22,24,31H,13-15H2,1-3H3,(H,29,34)(H2,27,28,33)/t17-,20+,22+,24+,38?/m0/s1. The Kier molecular flexibility index (Phi) is 9.35. The number of benzene rings is 2. The molecule has 1 unspecified atom stereocenters. The van der Waals surface area contributed by atoms with Gasteiger partial charge in [0, 0.05) is 18.0 Å². The average Bonchev–Trinajstić information content (AvgIpc) is 3.26. The summed E-state index contributed by atoms with van der Waals surface area (Å²) in [4.78, 5) is 28.6. The maximum absolute atomic E-state index is 14.1. The van der Waals surface area contributed by atoms with Crippen molar-refractivity contribution in [1.29, 1.82) is 0 Å². The van der Waals surface area contributed by atoms with Gasteiger partial charge in [-0.1, -0.05) is 50.2 Å². The maximum atomic E-state index is 14.1. The fourth-order valence-electron chi connectivity index (χ4n) is 4.01. The molecule has 2 heterocycles. The number of esters is 1. The molecule has 0 amide bonds. The summed E-state index contributed by atoms with van der Waals surface area (Å²) in [6.07, 6.45) is 0.923. The lowest BCUT2D eigenvalue weighted by molar-refractivity contribution is -0.146. The number of nitrogens with zero attached hydrogens (tertiary/aromatic N) is 2. The fourth-order valence-corrected chi connectivity index (χ4v) is 7.09. The molecule has 3 aromatic rings. The van der Waals surface area contributed by atoms with Crippen molar-refractivity contribution in [1.82, 2.24) is 14.6 Å². The number of rotatable bonds is 11. The van der Waals surface area contributed by atoms with Crippen LogP contribution in [-0.4, -0.2) is 51.2 Å². The first-order valence-corrected chi connectivity index (χ1v) is 15.1. The molecule has 0 radical (unpaired) electrons. The number of nitrogen functional groups attached to an aromatic ring is 1. The maximum Gasteiger partial charge on any atom is 0.459 e. The first-order chi connectivity index (χ1) is 18.5. The highest BCUT2D eigenvalue weighted by Crippen LogP contribution is 2.49. The molecule has 0 aliphatic carbocycles. The number of hydrogen-bond donors (Lipinski definition) is 3. The predicted octanol–water partition coefficient (Wildman–Crippen LogP) is 3.72. The van der Waals surface area contributed by atoms with Crippen LogP contribution in [0.25, 0.3) is 10.8 Å². The molecule has 1 saturated heterocycles. The summed E-state index contributed by atoms with van der Waals surface area (Å²) in [5.41, 5.74) is 5.06. The Morgan fingerprint density at radius 1 is 1.23 bits per heavy atom. The van der Waals surface area contributed by atoms with Crippen LogP contribution >= 0.6 is 19.5 Å². The number of anilines is 1. The van der Waals surface area contributed by atoms with Gasteiger partial charge in [0.15, 0.2) is 0 Å². The quantitative estimate of drug-likeness (QED) is 0.226. The molecule has 4 N–H and O–H groups in total. The van der Waals surface area contributed by atoms with Crippen LogP contribution in [0.15, 0.2) is 59.5 Å². The minimum absolute atomic E-state index is 0.110. The van der Waals surface area contributed by atoms with Crippen molar-refractivity contribution in [2.24, 2.45) is 5.92 Å². The zero-order chi connectivity index (χ0) is 28.2. The summed E-state index contributed by atoms with van der Waals surface area (Å²) < 4.78 is 32.5. The highest BCUT2D eigenvalue weighted by Gasteiger charge is 2.39. The Bertz CT molecular complexity index is 1410. The Morgan fingerprint density at radius 2 is 1.97 bits per heavy atom. The average molecular weight is 577 g/mol. The predicted molar refractivity (Wildman–Crippen MR) is 150 cm³/mol. The van der Waals surface area contributed by atoms with Gasteiger partial charge in [-0.3, -0.25) is 13.9 Å². The molecule has 11 nitrogen and oxygen atoms in total. The molecule has 4 rings (SSSR count). The van der Waals surface area contributed by atoms with Crippen molar-refractivity contribution in [2.75, 3.05) is 18.9 Å². The fraction of sp³-hybridized carbons (Fsp3) is 0.423. The summed E-state index contributed by atoms with van der Waals surface area (Å²) in [7, 11) is -4.16. The number of aliphatic hydroxyl groups is 1. The second-order valence-corrected chi connectivity index (χ2v) is 12.8. The van der Waals surface area contributed by atoms with Crippen LogP contribution in [0, 0.1) is 5.92 Å². The lowest BCUT2D eigenvalue weighted by Crippen LogP contribution is -2.36. The third kappa shape index (κ3) is 7.40. The van der Waals surface area contributed by atoms with E-state index in [-0.39, 0.29) is 31.4 Å². The molecule has 1 fully saturated rings. The van der Waals surface area contributed by atoms with Crippen molar-refractivity contribution >= 4 is 42.1 Å². The Hall–Kier alpha value is -2.89. The van der Waals surface area contributed by atoms with Crippen LogP contribution in [-0.2, 0) is 18.6 Å². The molecule has 0 spiro atoms. The third-order valence-electron chi connectivity index (χ3n) is 6.01. The Labute approximate surface area is 230 Å². The Morgan fingerprint density at radius 3 is 2.72 bits per heavy atom. The number of ether oxygens (including phenoxy) is 1. The summed E-state index contributed by atoms with van der Waals surface area (Å²) in [6, 6.07) is 13.3. The monoisotopic (exact) mass is 576 g/mol. The smallest absolute Gasteiger partial charge is 0.459 e. The lowest BCUT2D eigenvalue weighted by Gasteiger charge is -2.25. The van der Waals surface area contributed by atoms with Crippen LogP contribution < -0.4 is 21.0 Å². The molecule has 0 bridgehead atoms. The van der Waals surface area contributed by atoms with E-state index in [1.54, 1.807) is 12.1 Å². The van der Waals surface area contributed by atoms with E-state index in [4.69, 9.17) is 19.5 Å². The largest absolute Gasteiger partial charge is 0.464 e.